The van der Waals surface area contributed by atoms with E-state index < -0.39 is 5.97 Å². The first-order chi connectivity index (χ1) is 8.69. The van der Waals surface area contributed by atoms with E-state index in [0.717, 1.165) is 19.3 Å². The highest BCUT2D eigenvalue weighted by Crippen LogP contribution is 2.29. The number of aromatic carboxylic acids is 1. The number of nitrogens with one attached hydrogen (secondary N) is 1. The third kappa shape index (κ3) is 2.94. The van der Waals surface area contributed by atoms with Crippen LogP contribution in [0.4, 0.5) is 5.82 Å². The zero-order valence-electron chi connectivity index (χ0n) is 9.83. The van der Waals surface area contributed by atoms with Gasteiger partial charge in [-0.1, -0.05) is 0 Å². The van der Waals surface area contributed by atoms with Crippen LogP contribution in [0.3, 0.4) is 0 Å². The highest BCUT2D eigenvalue weighted by Gasteiger charge is 2.24. The lowest BCUT2D eigenvalue weighted by Crippen LogP contribution is -2.17. The van der Waals surface area contributed by atoms with Gasteiger partial charge in [0, 0.05) is 12.5 Å². The summed E-state index contributed by atoms with van der Waals surface area (Å²) in [6.45, 7) is 0. The van der Waals surface area contributed by atoms with Gasteiger partial charge in [0.15, 0.2) is 5.69 Å². The Morgan fingerprint density at radius 1 is 1.50 bits per heavy atom. The highest BCUT2D eigenvalue weighted by atomic mass is 16.4. The van der Waals surface area contributed by atoms with Gasteiger partial charge < -0.3 is 10.4 Å². The highest BCUT2D eigenvalue weighted by molar-refractivity contribution is 5.84. The molecule has 0 saturated heterocycles. The fourth-order valence-corrected chi connectivity index (χ4v) is 2.24. The van der Waals surface area contributed by atoms with Gasteiger partial charge in [-0.25, -0.2) is 14.8 Å². The number of hydrogen-bond donors (Lipinski definition) is 2. The molecule has 18 heavy (non-hydrogen) atoms. The second-order valence-corrected chi connectivity index (χ2v) is 4.47. The molecule has 2 atom stereocenters. The van der Waals surface area contributed by atoms with Crippen molar-refractivity contribution in [3.8, 4) is 6.07 Å². The quantitative estimate of drug-likeness (QED) is 0.838. The summed E-state index contributed by atoms with van der Waals surface area (Å²) >= 11 is 0. The van der Waals surface area contributed by atoms with Crippen molar-refractivity contribution in [1.29, 1.82) is 5.26 Å². The molecule has 1 saturated carbocycles. The van der Waals surface area contributed by atoms with Crippen molar-refractivity contribution in [2.75, 3.05) is 5.32 Å². The van der Waals surface area contributed by atoms with E-state index in [9.17, 15) is 4.79 Å². The van der Waals surface area contributed by atoms with E-state index in [1.165, 1.54) is 12.4 Å². The zero-order valence-corrected chi connectivity index (χ0v) is 9.83. The maximum atomic E-state index is 10.6. The maximum absolute atomic E-state index is 10.6. The minimum absolute atomic E-state index is 0.0608. The van der Waals surface area contributed by atoms with Crippen LogP contribution in [0.1, 0.15) is 36.2 Å². The van der Waals surface area contributed by atoms with Crippen LogP contribution < -0.4 is 5.32 Å². The van der Waals surface area contributed by atoms with Crippen molar-refractivity contribution in [2.45, 2.75) is 31.7 Å². The van der Waals surface area contributed by atoms with Crippen molar-refractivity contribution in [2.24, 2.45) is 5.92 Å². The van der Waals surface area contributed by atoms with Crippen molar-refractivity contribution < 1.29 is 9.90 Å². The number of carbonyl (C=O) groups is 1. The molecule has 6 nitrogen and oxygen atoms in total. The largest absolute Gasteiger partial charge is 0.476 e. The standard InChI is InChI=1S/C12H14N4O2/c13-4-3-8-1-2-9(5-8)16-11-7-14-10(6-15-11)12(17)18/h6-9H,1-3,5H2,(H,15,16)(H,17,18)/t8-,9-/m0/s1. The van der Waals surface area contributed by atoms with E-state index in [-0.39, 0.29) is 5.69 Å². The second-order valence-electron chi connectivity index (χ2n) is 4.47. The zero-order chi connectivity index (χ0) is 13.0. The number of nitrogens with zero attached hydrogens (tertiary/aromatic N) is 3. The Bertz CT molecular complexity index is 466. The molecule has 1 aromatic heterocycles. The molecule has 1 aromatic rings. The topological polar surface area (TPSA) is 98.9 Å². The van der Waals surface area contributed by atoms with E-state index >= 15 is 0 Å². The molecule has 94 valence electrons. The molecule has 2 rings (SSSR count). The molecular weight excluding hydrogens is 232 g/mol. The summed E-state index contributed by atoms with van der Waals surface area (Å²) in [6, 6.07) is 2.49. The molecular formula is C12H14N4O2. The average molecular weight is 246 g/mol. The summed E-state index contributed by atoms with van der Waals surface area (Å²) in [6.07, 6.45) is 6.28. The molecule has 1 aliphatic rings. The van der Waals surface area contributed by atoms with Gasteiger partial charge in [0.25, 0.3) is 0 Å². The molecule has 0 radical (unpaired) electrons. The van der Waals surface area contributed by atoms with E-state index in [1.54, 1.807) is 0 Å². The molecule has 0 unspecified atom stereocenters. The lowest BCUT2D eigenvalue weighted by atomic mass is 10.1. The molecule has 2 N–H and O–H groups in total. The first kappa shape index (κ1) is 12.3. The first-order valence-corrected chi connectivity index (χ1v) is 5.88. The summed E-state index contributed by atoms with van der Waals surface area (Å²) in [5.41, 5.74) is -0.0608. The van der Waals surface area contributed by atoms with Crippen molar-refractivity contribution in [1.82, 2.24) is 9.97 Å². The molecule has 0 aromatic carbocycles. The van der Waals surface area contributed by atoms with Crippen LogP contribution in [-0.4, -0.2) is 27.1 Å². The van der Waals surface area contributed by atoms with Crippen LogP contribution in [0.2, 0.25) is 0 Å². The van der Waals surface area contributed by atoms with Crippen LogP contribution in [0.5, 0.6) is 0 Å². The van der Waals surface area contributed by atoms with Crippen molar-refractivity contribution in [3.05, 3.63) is 18.1 Å². The minimum atomic E-state index is -1.08. The molecule has 1 fully saturated rings. The van der Waals surface area contributed by atoms with Crippen LogP contribution in [-0.2, 0) is 0 Å². The molecule has 1 heterocycles. The predicted molar refractivity (Wildman–Crippen MR) is 64.0 cm³/mol. The number of carboxylic acid groups (broad SMARTS) is 1. The van der Waals surface area contributed by atoms with E-state index in [0.29, 0.717) is 24.2 Å². The molecule has 0 aliphatic heterocycles. The van der Waals surface area contributed by atoms with Gasteiger partial charge in [-0.3, -0.25) is 0 Å². The third-order valence-corrected chi connectivity index (χ3v) is 3.14. The van der Waals surface area contributed by atoms with Gasteiger partial charge in [-0.05, 0) is 25.2 Å². The monoisotopic (exact) mass is 246 g/mol. The summed E-state index contributed by atoms with van der Waals surface area (Å²) < 4.78 is 0. The normalized spacial score (nSPS) is 22.4. The first-order valence-electron chi connectivity index (χ1n) is 5.88. The van der Waals surface area contributed by atoms with Gasteiger partial charge in [0.2, 0.25) is 0 Å². The Morgan fingerprint density at radius 3 is 2.94 bits per heavy atom. The van der Waals surface area contributed by atoms with E-state index in [1.807, 2.05) is 0 Å². The number of carboxylic acids is 1. The Labute approximate surface area is 105 Å². The Morgan fingerprint density at radius 2 is 2.33 bits per heavy atom. The van der Waals surface area contributed by atoms with Crippen molar-refractivity contribution >= 4 is 11.8 Å². The Hall–Kier alpha value is -2.16. The molecule has 6 heteroatoms. The van der Waals surface area contributed by atoms with E-state index in [4.69, 9.17) is 10.4 Å². The number of rotatable bonds is 4. The van der Waals surface area contributed by atoms with Crippen LogP contribution in [0.15, 0.2) is 12.4 Å². The predicted octanol–water partition coefficient (Wildman–Crippen LogP) is 1.67. The Kier molecular flexibility index (Phi) is 3.72. The molecule has 0 spiro atoms. The van der Waals surface area contributed by atoms with Crippen LogP contribution in [0.25, 0.3) is 0 Å². The minimum Gasteiger partial charge on any atom is -0.476 e. The number of aromatic nitrogens is 2. The van der Waals surface area contributed by atoms with Crippen molar-refractivity contribution in [3.63, 3.8) is 0 Å². The van der Waals surface area contributed by atoms with Crippen LogP contribution in [0, 0.1) is 17.2 Å². The van der Waals surface area contributed by atoms with E-state index in [2.05, 4.69) is 21.4 Å². The smallest absolute Gasteiger partial charge is 0.356 e. The third-order valence-electron chi connectivity index (χ3n) is 3.14. The lowest BCUT2D eigenvalue weighted by Gasteiger charge is -2.12. The average Bonchev–Trinajstić information content (AvgIpc) is 2.78. The summed E-state index contributed by atoms with van der Waals surface area (Å²) in [4.78, 5) is 18.4. The fourth-order valence-electron chi connectivity index (χ4n) is 2.24. The molecule has 0 amide bonds. The van der Waals surface area contributed by atoms with Gasteiger partial charge in [0.05, 0.1) is 18.5 Å². The molecule has 0 bridgehead atoms. The number of nitriles is 1. The molecule has 1 aliphatic carbocycles. The van der Waals surface area contributed by atoms with Crippen LogP contribution >= 0.6 is 0 Å². The Balaban J connectivity index is 1.91. The number of anilines is 1. The summed E-state index contributed by atoms with van der Waals surface area (Å²) in [5.74, 6) is -0.0367. The fraction of sp³-hybridized carbons (Fsp3) is 0.500. The van der Waals surface area contributed by atoms with Gasteiger partial charge in [0.1, 0.15) is 5.82 Å². The maximum Gasteiger partial charge on any atom is 0.356 e. The second kappa shape index (κ2) is 5.45. The van der Waals surface area contributed by atoms with Gasteiger partial charge >= 0.3 is 5.97 Å². The van der Waals surface area contributed by atoms with Gasteiger partial charge in [-0.15, -0.1) is 0 Å². The summed E-state index contributed by atoms with van der Waals surface area (Å²) in [5, 5.41) is 20.6. The van der Waals surface area contributed by atoms with Gasteiger partial charge in [-0.2, -0.15) is 5.26 Å². The summed E-state index contributed by atoms with van der Waals surface area (Å²) in [7, 11) is 0. The SMILES string of the molecule is N#CC[C@@H]1CC[C@H](Nc2cnc(C(=O)O)cn2)C1. The number of hydrogen-bond acceptors (Lipinski definition) is 5. The lowest BCUT2D eigenvalue weighted by molar-refractivity contribution is 0.0690.